The van der Waals surface area contributed by atoms with Gasteiger partial charge >= 0.3 is 6.03 Å². The van der Waals surface area contributed by atoms with Gasteiger partial charge in [0.1, 0.15) is 12.1 Å². The van der Waals surface area contributed by atoms with Crippen LogP contribution < -0.4 is 10.6 Å². The number of benzene rings is 2. The van der Waals surface area contributed by atoms with Crippen molar-refractivity contribution in [2.75, 3.05) is 25.0 Å². The zero-order valence-electron chi connectivity index (χ0n) is 19.6. The van der Waals surface area contributed by atoms with Crippen LogP contribution in [0.25, 0.3) is 10.8 Å². The average Bonchev–Trinajstić information content (AvgIpc) is 3.64. The Morgan fingerprint density at radius 3 is 2.61 bits per heavy atom. The van der Waals surface area contributed by atoms with E-state index in [4.69, 9.17) is 23.2 Å². The number of anilines is 1. The second kappa shape index (κ2) is 9.59. The molecule has 0 radical (unpaired) electrons. The van der Waals surface area contributed by atoms with E-state index in [1.165, 1.54) is 4.90 Å². The summed E-state index contributed by atoms with van der Waals surface area (Å²) < 4.78 is 0. The summed E-state index contributed by atoms with van der Waals surface area (Å²) in [5.41, 5.74) is -0.557. The highest BCUT2D eigenvalue weighted by atomic mass is 35.5. The van der Waals surface area contributed by atoms with Crippen LogP contribution >= 0.6 is 23.2 Å². The minimum absolute atomic E-state index is 0.143. The van der Waals surface area contributed by atoms with Crippen LogP contribution in [0.3, 0.4) is 0 Å². The molecule has 10 heteroatoms. The van der Waals surface area contributed by atoms with Gasteiger partial charge in [-0.15, -0.1) is 0 Å². The smallest absolute Gasteiger partial charge is 0.320 e. The number of nitrogens with one attached hydrogen (secondary N) is 2. The lowest BCUT2D eigenvalue weighted by Crippen LogP contribution is -2.54. The van der Waals surface area contributed by atoms with Gasteiger partial charge in [0, 0.05) is 36.1 Å². The van der Waals surface area contributed by atoms with Crippen LogP contribution in [0, 0.1) is 0 Å². The topological polar surface area (TPSA) is 94.6 Å². The molecule has 0 bridgehead atoms. The van der Waals surface area contributed by atoms with Crippen LogP contribution in [0.2, 0.25) is 10.0 Å². The molecular weight excluding hydrogens is 501 g/mol. The summed E-state index contributed by atoms with van der Waals surface area (Å²) in [6, 6.07) is 12.5. The van der Waals surface area contributed by atoms with Crippen molar-refractivity contribution in [3.63, 3.8) is 0 Å². The third-order valence-electron chi connectivity index (χ3n) is 6.71. The summed E-state index contributed by atoms with van der Waals surface area (Å²) >= 11 is 12.4. The minimum Gasteiger partial charge on any atom is -0.337 e. The molecule has 2 N–H and O–H groups in total. The number of amides is 4. The molecule has 1 aliphatic heterocycles. The summed E-state index contributed by atoms with van der Waals surface area (Å²) in [4.78, 5) is 47.1. The minimum atomic E-state index is -1.51. The van der Waals surface area contributed by atoms with Crippen LogP contribution in [-0.4, -0.2) is 58.3 Å². The van der Waals surface area contributed by atoms with Crippen molar-refractivity contribution in [1.29, 1.82) is 0 Å². The number of hydrogen-bond acceptors (Lipinski definition) is 4. The number of pyridine rings is 1. The van der Waals surface area contributed by atoms with E-state index >= 15 is 0 Å². The van der Waals surface area contributed by atoms with Gasteiger partial charge in [-0.3, -0.25) is 14.6 Å². The number of hydrogen-bond donors (Lipinski definition) is 2. The summed E-state index contributed by atoms with van der Waals surface area (Å²) in [5.74, 6) is -0.944. The number of aromatic nitrogens is 1. The molecular formula is C26H25Cl2N5O3. The molecule has 1 saturated carbocycles. The van der Waals surface area contributed by atoms with Gasteiger partial charge in [0.25, 0.3) is 5.91 Å². The van der Waals surface area contributed by atoms with Gasteiger partial charge in [0.05, 0.1) is 21.9 Å². The Morgan fingerprint density at radius 1 is 1.08 bits per heavy atom. The van der Waals surface area contributed by atoms with Crippen molar-refractivity contribution >= 4 is 57.5 Å². The quantitative estimate of drug-likeness (QED) is 0.477. The SMILES string of the molecule is CC(NC(=O)CN1CCN(C2CC2)C1=O)(C(=O)Nc1cncc2ccccc12)c1ccc(Cl)c(Cl)c1. The highest BCUT2D eigenvalue weighted by molar-refractivity contribution is 6.42. The number of rotatable bonds is 7. The zero-order chi connectivity index (χ0) is 25.4. The van der Waals surface area contributed by atoms with Crippen LogP contribution in [0.4, 0.5) is 10.5 Å². The molecule has 1 saturated heterocycles. The van der Waals surface area contributed by atoms with E-state index in [0.717, 1.165) is 23.6 Å². The summed E-state index contributed by atoms with van der Waals surface area (Å²) in [6.45, 7) is 2.53. The molecule has 0 spiro atoms. The maximum atomic E-state index is 13.7. The number of urea groups is 1. The van der Waals surface area contributed by atoms with E-state index in [1.54, 1.807) is 37.5 Å². The Morgan fingerprint density at radius 2 is 1.86 bits per heavy atom. The van der Waals surface area contributed by atoms with Gasteiger partial charge in [-0.2, -0.15) is 0 Å². The van der Waals surface area contributed by atoms with Gasteiger partial charge in [-0.05, 0) is 37.5 Å². The molecule has 8 nitrogen and oxygen atoms in total. The van der Waals surface area contributed by atoms with E-state index in [1.807, 2.05) is 29.2 Å². The number of fused-ring (bicyclic) bond motifs is 1. The Balaban J connectivity index is 1.41. The molecule has 4 amide bonds. The van der Waals surface area contributed by atoms with Crippen LogP contribution in [-0.2, 0) is 15.1 Å². The Hall–Kier alpha value is -3.36. The molecule has 1 aliphatic carbocycles. The van der Waals surface area contributed by atoms with Crippen molar-refractivity contribution in [1.82, 2.24) is 20.1 Å². The fourth-order valence-electron chi connectivity index (χ4n) is 4.50. The number of carbonyl (C=O) groups is 3. The molecule has 2 aromatic carbocycles. The van der Waals surface area contributed by atoms with Crippen molar-refractivity contribution in [3.05, 3.63) is 70.5 Å². The normalized spacial score (nSPS) is 17.2. The molecule has 3 aromatic rings. The number of nitrogens with zero attached hydrogens (tertiary/aromatic N) is 3. The Kier molecular flexibility index (Phi) is 6.49. The van der Waals surface area contributed by atoms with Crippen LogP contribution in [0.1, 0.15) is 25.3 Å². The second-order valence-electron chi connectivity index (χ2n) is 9.29. The average molecular weight is 526 g/mol. The van der Waals surface area contributed by atoms with Crippen molar-refractivity contribution < 1.29 is 14.4 Å². The van der Waals surface area contributed by atoms with Crippen LogP contribution in [0.15, 0.2) is 54.9 Å². The molecule has 1 atom stereocenters. The van der Waals surface area contributed by atoms with E-state index in [-0.39, 0.29) is 23.6 Å². The fourth-order valence-corrected chi connectivity index (χ4v) is 4.79. The van der Waals surface area contributed by atoms with E-state index in [0.29, 0.717) is 29.4 Å². The zero-order valence-corrected chi connectivity index (χ0v) is 21.1. The largest absolute Gasteiger partial charge is 0.337 e. The van der Waals surface area contributed by atoms with Crippen molar-refractivity contribution in [2.24, 2.45) is 0 Å². The Bertz CT molecular complexity index is 1360. The number of halogens is 2. The van der Waals surface area contributed by atoms with E-state index in [2.05, 4.69) is 15.6 Å². The highest BCUT2D eigenvalue weighted by Crippen LogP contribution is 2.32. The first-order chi connectivity index (χ1) is 17.3. The molecule has 2 aliphatic rings. The van der Waals surface area contributed by atoms with E-state index in [9.17, 15) is 14.4 Å². The molecule has 1 unspecified atom stereocenters. The predicted molar refractivity (Wildman–Crippen MR) is 139 cm³/mol. The molecule has 1 aromatic heterocycles. The fraction of sp³-hybridized carbons (Fsp3) is 0.308. The molecule has 2 heterocycles. The van der Waals surface area contributed by atoms with Crippen molar-refractivity contribution in [2.45, 2.75) is 31.3 Å². The van der Waals surface area contributed by atoms with Gasteiger partial charge < -0.3 is 20.4 Å². The lowest BCUT2D eigenvalue weighted by Gasteiger charge is -2.31. The molecule has 186 valence electrons. The summed E-state index contributed by atoms with van der Waals surface area (Å²) in [7, 11) is 0. The Labute approximate surface area is 218 Å². The van der Waals surface area contributed by atoms with Gasteiger partial charge in [-0.1, -0.05) is 53.5 Å². The standard InChI is InChI=1S/C26H25Cl2N5O3/c1-26(17-6-9-20(27)21(28)12-17,24(35)30-22-14-29-13-16-4-2-3-5-19(16)22)31-23(34)15-32-10-11-33(25(32)36)18-7-8-18/h2-6,9,12-14,18H,7-8,10-11,15H2,1H3,(H,30,35)(H,31,34). The van der Waals surface area contributed by atoms with E-state index < -0.39 is 17.4 Å². The van der Waals surface area contributed by atoms with Crippen LogP contribution in [0.5, 0.6) is 0 Å². The first-order valence-electron chi connectivity index (χ1n) is 11.7. The third kappa shape index (κ3) is 4.70. The third-order valence-corrected chi connectivity index (χ3v) is 7.45. The van der Waals surface area contributed by atoms with Gasteiger partial charge in [-0.25, -0.2) is 4.79 Å². The highest BCUT2D eigenvalue weighted by Gasteiger charge is 2.41. The van der Waals surface area contributed by atoms with Gasteiger partial charge in [0.15, 0.2) is 0 Å². The first kappa shape index (κ1) is 24.3. The number of carbonyl (C=O) groups excluding carboxylic acids is 3. The summed E-state index contributed by atoms with van der Waals surface area (Å²) in [6.07, 6.45) is 5.28. The monoisotopic (exact) mass is 525 g/mol. The molecule has 5 rings (SSSR count). The lowest BCUT2D eigenvalue weighted by atomic mass is 9.90. The molecule has 36 heavy (non-hydrogen) atoms. The second-order valence-corrected chi connectivity index (χ2v) is 10.1. The predicted octanol–water partition coefficient (Wildman–Crippen LogP) is 4.41. The van der Waals surface area contributed by atoms with Crippen molar-refractivity contribution in [3.8, 4) is 0 Å². The first-order valence-corrected chi connectivity index (χ1v) is 12.5. The summed E-state index contributed by atoms with van der Waals surface area (Å²) in [5, 5.41) is 8.02. The van der Waals surface area contributed by atoms with Gasteiger partial charge in [0.2, 0.25) is 5.91 Å². The maximum Gasteiger partial charge on any atom is 0.320 e. The maximum absolute atomic E-state index is 13.7. The lowest BCUT2D eigenvalue weighted by molar-refractivity contribution is -0.130. The molecule has 2 fully saturated rings.